The zero-order chi connectivity index (χ0) is 14.4. The highest BCUT2D eigenvalue weighted by Gasteiger charge is 2.10. The highest BCUT2D eigenvalue weighted by atomic mass is 35.5. The van der Waals surface area contributed by atoms with E-state index in [1.807, 2.05) is 18.2 Å². The van der Waals surface area contributed by atoms with Crippen LogP contribution in [-0.4, -0.2) is 6.54 Å². The third kappa shape index (κ3) is 4.20. The second kappa shape index (κ2) is 7.62. The molecule has 0 aliphatic carbocycles. The van der Waals surface area contributed by atoms with Crippen molar-refractivity contribution < 1.29 is 9.13 Å². The third-order valence-corrected chi connectivity index (χ3v) is 3.98. The van der Waals surface area contributed by atoms with Gasteiger partial charge in [-0.25, -0.2) is 4.39 Å². The first kappa shape index (κ1) is 15.3. The van der Waals surface area contributed by atoms with E-state index in [1.165, 1.54) is 17.4 Å². The van der Waals surface area contributed by atoms with Crippen molar-refractivity contribution in [3.63, 3.8) is 0 Å². The second-order valence-corrected chi connectivity index (χ2v) is 6.20. The van der Waals surface area contributed by atoms with Crippen LogP contribution in [0.2, 0.25) is 4.34 Å². The van der Waals surface area contributed by atoms with E-state index in [2.05, 4.69) is 12.2 Å². The Morgan fingerprint density at radius 1 is 1.30 bits per heavy atom. The predicted octanol–water partition coefficient (Wildman–Crippen LogP) is 4.62. The number of ether oxygens (including phenoxy) is 1. The molecule has 0 radical (unpaired) electrons. The van der Waals surface area contributed by atoms with Crippen LogP contribution in [0.4, 0.5) is 4.39 Å². The van der Waals surface area contributed by atoms with E-state index in [9.17, 15) is 4.39 Å². The molecule has 1 aromatic carbocycles. The summed E-state index contributed by atoms with van der Waals surface area (Å²) in [6, 6.07) is 8.70. The zero-order valence-electron chi connectivity index (χ0n) is 11.3. The molecule has 0 atom stereocenters. The van der Waals surface area contributed by atoms with E-state index < -0.39 is 0 Å². The van der Waals surface area contributed by atoms with Gasteiger partial charge in [0.1, 0.15) is 6.61 Å². The second-order valence-electron chi connectivity index (χ2n) is 4.40. The molecule has 5 heteroatoms. The minimum atomic E-state index is -0.330. The van der Waals surface area contributed by atoms with Gasteiger partial charge in [-0.05, 0) is 31.2 Å². The molecule has 20 heavy (non-hydrogen) atoms. The molecule has 0 fully saturated rings. The number of benzene rings is 1. The van der Waals surface area contributed by atoms with Gasteiger partial charge in [0.15, 0.2) is 11.6 Å². The summed E-state index contributed by atoms with van der Waals surface area (Å²) in [6.45, 7) is 3.93. The Bertz CT molecular complexity index is 559. The van der Waals surface area contributed by atoms with Crippen molar-refractivity contribution >= 4 is 22.9 Å². The monoisotopic (exact) mass is 313 g/mol. The predicted molar refractivity (Wildman–Crippen MR) is 82.1 cm³/mol. The number of hydrogen-bond donors (Lipinski definition) is 1. The van der Waals surface area contributed by atoms with E-state index in [0.717, 1.165) is 23.4 Å². The van der Waals surface area contributed by atoms with Crippen LogP contribution >= 0.6 is 22.9 Å². The molecule has 1 heterocycles. The molecule has 0 saturated carbocycles. The Balaban J connectivity index is 2.04. The van der Waals surface area contributed by atoms with Crippen LogP contribution in [0.3, 0.4) is 0 Å². The van der Waals surface area contributed by atoms with E-state index in [1.54, 1.807) is 6.07 Å². The summed E-state index contributed by atoms with van der Waals surface area (Å²) in [6.07, 6.45) is 1.04. The van der Waals surface area contributed by atoms with E-state index in [0.29, 0.717) is 23.2 Å². The van der Waals surface area contributed by atoms with Crippen molar-refractivity contribution in [1.82, 2.24) is 5.32 Å². The van der Waals surface area contributed by atoms with Crippen molar-refractivity contribution in [3.8, 4) is 5.75 Å². The first-order chi connectivity index (χ1) is 9.70. The van der Waals surface area contributed by atoms with Crippen molar-refractivity contribution in [2.45, 2.75) is 26.5 Å². The fourth-order valence-electron chi connectivity index (χ4n) is 1.83. The van der Waals surface area contributed by atoms with E-state index in [-0.39, 0.29) is 5.82 Å². The van der Waals surface area contributed by atoms with Gasteiger partial charge in [-0.3, -0.25) is 0 Å². The van der Waals surface area contributed by atoms with Gasteiger partial charge in [-0.15, -0.1) is 11.3 Å². The van der Waals surface area contributed by atoms with Gasteiger partial charge in [0, 0.05) is 17.0 Å². The first-order valence-electron chi connectivity index (χ1n) is 6.56. The molecule has 2 nitrogen and oxygen atoms in total. The van der Waals surface area contributed by atoms with Crippen LogP contribution in [0.1, 0.15) is 23.8 Å². The Morgan fingerprint density at radius 2 is 2.15 bits per heavy atom. The smallest absolute Gasteiger partial charge is 0.165 e. The highest BCUT2D eigenvalue weighted by Crippen LogP contribution is 2.26. The quantitative estimate of drug-likeness (QED) is 0.753. The van der Waals surface area contributed by atoms with Gasteiger partial charge in [0.25, 0.3) is 0 Å². The highest BCUT2D eigenvalue weighted by molar-refractivity contribution is 7.16. The molecule has 0 bridgehead atoms. The maximum absolute atomic E-state index is 13.9. The maximum atomic E-state index is 13.9. The van der Waals surface area contributed by atoms with Crippen LogP contribution in [-0.2, 0) is 13.2 Å². The molecule has 0 spiro atoms. The van der Waals surface area contributed by atoms with Gasteiger partial charge in [-0.1, -0.05) is 30.7 Å². The lowest BCUT2D eigenvalue weighted by molar-refractivity contribution is 0.289. The molecular formula is C15H17ClFNOS. The van der Waals surface area contributed by atoms with Crippen molar-refractivity contribution in [2.75, 3.05) is 6.54 Å². The fraction of sp³-hybridized carbons (Fsp3) is 0.333. The molecule has 0 aliphatic heterocycles. The number of thiophene rings is 1. The van der Waals surface area contributed by atoms with Gasteiger partial charge in [0.05, 0.1) is 4.34 Å². The van der Waals surface area contributed by atoms with Crippen LogP contribution in [0.5, 0.6) is 5.75 Å². The molecule has 0 amide bonds. The summed E-state index contributed by atoms with van der Waals surface area (Å²) < 4.78 is 20.2. The molecule has 2 aromatic rings. The lowest BCUT2D eigenvalue weighted by atomic mass is 10.2. The average molecular weight is 314 g/mol. The summed E-state index contributed by atoms with van der Waals surface area (Å²) in [5, 5.41) is 3.26. The number of rotatable bonds is 7. The van der Waals surface area contributed by atoms with E-state index >= 15 is 0 Å². The van der Waals surface area contributed by atoms with Crippen LogP contribution < -0.4 is 10.1 Å². The standard InChI is InChI=1S/C15H17ClFNOS/c1-2-8-18-9-11-4-3-5-13(17)15(11)19-10-12-6-7-14(16)20-12/h3-7,18H,2,8-10H2,1H3. The zero-order valence-corrected chi connectivity index (χ0v) is 12.9. The number of para-hydroxylation sites is 1. The van der Waals surface area contributed by atoms with Gasteiger partial charge < -0.3 is 10.1 Å². The fourth-order valence-corrected chi connectivity index (χ4v) is 2.83. The normalized spacial score (nSPS) is 10.8. The molecule has 0 unspecified atom stereocenters. The SMILES string of the molecule is CCCNCc1cccc(F)c1OCc1ccc(Cl)s1. The largest absolute Gasteiger partial charge is 0.485 e. The van der Waals surface area contributed by atoms with Crippen LogP contribution in [0.25, 0.3) is 0 Å². The Hall–Kier alpha value is -1.10. The minimum absolute atomic E-state index is 0.320. The minimum Gasteiger partial charge on any atom is -0.485 e. The maximum Gasteiger partial charge on any atom is 0.165 e. The van der Waals surface area contributed by atoms with Gasteiger partial charge >= 0.3 is 0 Å². The topological polar surface area (TPSA) is 21.3 Å². The number of nitrogens with one attached hydrogen (secondary N) is 1. The van der Waals surface area contributed by atoms with Gasteiger partial charge in [-0.2, -0.15) is 0 Å². The van der Waals surface area contributed by atoms with Crippen molar-refractivity contribution in [1.29, 1.82) is 0 Å². The van der Waals surface area contributed by atoms with Crippen LogP contribution in [0.15, 0.2) is 30.3 Å². The Morgan fingerprint density at radius 3 is 2.85 bits per heavy atom. The van der Waals surface area contributed by atoms with Crippen molar-refractivity contribution in [2.24, 2.45) is 0 Å². The van der Waals surface area contributed by atoms with Gasteiger partial charge in [0.2, 0.25) is 0 Å². The average Bonchev–Trinajstić information content (AvgIpc) is 2.84. The Labute approximate surface area is 127 Å². The lowest BCUT2D eigenvalue weighted by Crippen LogP contribution is -2.15. The molecule has 0 aliphatic rings. The summed E-state index contributed by atoms with van der Waals surface area (Å²) in [4.78, 5) is 0.978. The third-order valence-electron chi connectivity index (χ3n) is 2.78. The van der Waals surface area contributed by atoms with Crippen molar-refractivity contribution in [3.05, 3.63) is 50.9 Å². The number of halogens is 2. The Kier molecular flexibility index (Phi) is 5.83. The molecule has 1 N–H and O–H groups in total. The summed E-state index contributed by atoms with van der Waals surface area (Å²) in [5.41, 5.74) is 0.834. The summed E-state index contributed by atoms with van der Waals surface area (Å²) >= 11 is 7.31. The lowest BCUT2D eigenvalue weighted by Gasteiger charge is -2.12. The summed E-state index contributed by atoms with van der Waals surface area (Å²) in [5.74, 6) is -0.0101. The first-order valence-corrected chi connectivity index (χ1v) is 7.75. The molecule has 1 aromatic heterocycles. The molecule has 2 rings (SSSR count). The molecular weight excluding hydrogens is 297 g/mol. The number of hydrogen-bond acceptors (Lipinski definition) is 3. The molecule has 108 valence electrons. The molecule has 0 saturated heterocycles. The van der Waals surface area contributed by atoms with Crippen LogP contribution in [0, 0.1) is 5.82 Å². The summed E-state index contributed by atoms with van der Waals surface area (Å²) in [7, 11) is 0. The van der Waals surface area contributed by atoms with E-state index in [4.69, 9.17) is 16.3 Å².